The van der Waals surface area contributed by atoms with Crippen LogP contribution < -0.4 is 10.1 Å². The van der Waals surface area contributed by atoms with Crippen molar-refractivity contribution in [2.24, 2.45) is 0 Å². The van der Waals surface area contributed by atoms with Crippen LogP contribution in [-0.2, 0) is 11.2 Å². The summed E-state index contributed by atoms with van der Waals surface area (Å²) in [5, 5.41) is 3.30. The topological polar surface area (TPSA) is 41.6 Å². The molecule has 1 heterocycles. The minimum Gasteiger partial charge on any atom is -0.497 e. The smallest absolute Gasteiger partial charge is 0.239 e. The maximum Gasteiger partial charge on any atom is 0.239 e. The Labute approximate surface area is 137 Å². The number of benzene rings is 2. The van der Waals surface area contributed by atoms with Crippen molar-refractivity contribution in [3.05, 3.63) is 54.1 Å². The van der Waals surface area contributed by atoms with Crippen molar-refractivity contribution >= 4 is 5.91 Å². The number of nitrogens with zero attached hydrogens (tertiary/aromatic N) is 1. The lowest BCUT2D eigenvalue weighted by Crippen LogP contribution is -2.54. The number of hydrogen-bond acceptors (Lipinski definition) is 3. The fourth-order valence-corrected chi connectivity index (χ4v) is 2.90. The Hall–Kier alpha value is -2.33. The number of rotatable bonds is 4. The molecule has 23 heavy (non-hydrogen) atoms. The maximum atomic E-state index is 12.1. The summed E-state index contributed by atoms with van der Waals surface area (Å²) in [6.07, 6.45) is 0.724. The van der Waals surface area contributed by atoms with Crippen LogP contribution in [0, 0.1) is 0 Å². The standard InChI is InChI=1S/C19H22N2O2/c1-21-11-10-20-18(19(21)22)12-14-6-8-15(9-7-14)16-4-3-5-17(13-16)23-2/h3-9,13,18,20H,10-12H2,1-2H3. The van der Waals surface area contributed by atoms with Gasteiger partial charge < -0.3 is 15.0 Å². The number of likely N-dealkylation sites (N-methyl/N-ethyl adjacent to an activating group) is 1. The average Bonchev–Trinajstić information content (AvgIpc) is 2.60. The molecule has 0 aliphatic carbocycles. The summed E-state index contributed by atoms with van der Waals surface area (Å²) in [4.78, 5) is 13.9. The van der Waals surface area contributed by atoms with E-state index < -0.39 is 0 Å². The Bertz CT molecular complexity index is 682. The van der Waals surface area contributed by atoms with Crippen LogP contribution in [0.5, 0.6) is 5.75 Å². The monoisotopic (exact) mass is 310 g/mol. The molecular formula is C19H22N2O2. The van der Waals surface area contributed by atoms with Crippen molar-refractivity contribution < 1.29 is 9.53 Å². The zero-order valence-corrected chi connectivity index (χ0v) is 13.6. The van der Waals surface area contributed by atoms with E-state index in [-0.39, 0.29) is 11.9 Å². The Kier molecular flexibility index (Phi) is 4.63. The second kappa shape index (κ2) is 6.84. The van der Waals surface area contributed by atoms with E-state index in [4.69, 9.17) is 4.74 Å². The molecule has 1 saturated heterocycles. The van der Waals surface area contributed by atoms with Gasteiger partial charge in [-0.25, -0.2) is 0 Å². The molecule has 4 nitrogen and oxygen atoms in total. The van der Waals surface area contributed by atoms with Crippen LogP contribution in [0.4, 0.5) is 0 Å². The lowest BCUT2D eigenvalue weighted by Gasteiger charge is -2.30. The fourth-order valence-electron chi connectivity index (χ4n) is 2.90. The summed E-state index contributed by atoms with van der Waals surface area (Å²) < 4.78 is 5.27. The van der Waals surface area contributed by atoms with Crippen LogP contribution in [-0.4, -0.2) is 44.1 Å². The van der Waals surface area contributed by atoms with Crippen molar-refractivity contribution in [1.82, 2.24) is 10.2 Å². The van der Waals surface area contributed by atoms with Gasteiger partial charge in [0.25, 0.3) is 0 Å². The first-order valence-corrected chi connectivity index (χ1v) is 7.89. The molecule has 1 aliphatic heterocycles. The van der Waals surface area contributed by atoms with Crippen LogP contribution in [0.2, 0.25) is 0 Å². The summed E-state index contributed by atoms with van der Waals surface area (Å²) in [6, 6.07) is 16.3. The molecular weight excluding hydrogens is 288 g/mol. The van der Waals surface area contributed by atoms with Gasteiger partial charge in [-0.1, -0.05) is 36.4 Å². The van der Waals surface area contributed by atoms with Gasteiger partial charge in [0.05, 0.1) is 13.2 Å². The Balaban J connectivity index is 1.73. The third-order valence-electron chi connectivity index (χ3n) is 4.31. The van der Waals surface area contributed by atoms with Crippen LogP contribution in [0.25, 0.3) is 11.1 Å². The molecule has 1 N–H and O–H groups in total. The quantitative estimate of drug-likeness (QED) is 0.942. The molecule has 0 aromatic heterocycles. The van der Waals surface area contributed by atoms with Gasteiger partial charge >= 0.3 is 0 Å². The first-order valence-electron chi connectivity index (χ1n) is 7.89. The van der Waals surface area contributed by atoms with E-state index in [1.807, 2.05) is 25.2 Å². The van der Waals surface area contributed by atoms with Crippen molar-refractivity contribution in [1.29, 1.82) is 0 Å². The zero-order valence-electron chi connectivity index (χ0n) is 13.6. The highest BCUT2D eigenvalue weighted by atomic mass is 16.5. The Morgan fingerprint density at radius 3 is 2.70 bits per heavy atom. The van der Waals surface area contributed by atoms with Crippen LogP contribution in [0.1, 0.15) is 5.56 Å². The van der Waals surface area contributed by atoms with Gasteiger partial charge in [0.2, 0.25) is 5.91 Å². The zero-order chi connectivity index (χ0) is 16.2. The highest BCUT2D eigenvalue weighted by Gasteiger charge is 2.25. The number of carbonyl (C=O) groups excluding carboxylic acids is 1. The van der Waals surface area contributed by atoms with Crippen molar-refractivity contribution in [2.45, 2.75) is 12.5 Å². The lowest BCUT2D eigenvalue weighted by atomic mass is 9.99. The molecule has 1 aliphatic rings. The van der Waals surface area contributed by atoms with Gasteiger partial charge in [0.1, 0.15) is 5.75 Å². The first-order chi connectivity index (χ1) is 11.2. The summed E-state index contributed by atoms with van der Waals surface area (Å²) in [5.41, 5.74) is 3.44. The lowest BCUT2D eigenvalue weighted by molar-refractivity contribution is -0.134. The van der Waals surface area contributed by atoms with E-state index in [0.717, 1.165) is 42.0 Å². The average molecular weight is 310 g/mol. The normalized spacial score (nSPS) is 18.1. The van der Waals surface area contributed by atoms with E-state index >= 15 is 0 Å². The molecule has 3 rings (SSSR count). The van der Waals surface area contributed by atoms with E-state index in [1.165, 1.54) is 0 Å². The molecule has 1 atom stereocenters. The van der Waals surface area contributed by atoms with Crippen LogP contribution >= 0.6 is 0 Å². The van der Waals surface area contributed by atoms with Gasteiger partial charge in [-0.3, -0.25) is 4.79 Å². The van der Waals surface area contributed by atoms with Gasteiger partial charge in [0.15, 0.2) is 0 Å². The van der Waals surface area contributed by atoms with E-state index in [0.29, 0.717) is 0 Å². The van der Waals surface area contributed by atoms with Gasteiger partial charge in [-0.05, 0) is 35.2 Å². The number of hydrogen-bond donors (Lipinski definition) is 1. The minimum atomic E-state index is -0.114. The number of methoxy groups -OCH3 is 1. The number of amides is 1. The van der Waals surface area contributed by atoms with Crippen molar-refractivity contribution in [3.63, 3.8) is 0 Å². The molecule has 1 fully saturated rings. The molecule has 1 unspecified atom stereocenters. The number of ether oxygens (including phenoxy) is 1. The molecule has 2 aromatic rings. The summed E-state index contributed by atoms with van der Waals surface area (Å²) in [7, 11) is 3.54. The summed E-state index contributed by atoms with van der Waals surface area (Å²) in [5.74, 6) is 1.03. The largest absolute Gasteiger partial charge is 0.497 e. The van der Waals surface area contributed by atoms with Gasteiger partial charge in [-0.2, -0.15) is 0 Å². The molecule has 0 bridgehead atoms. The highest BCUT2D eigenvalue weighted by Crippen LogP contribution is 2.24. The van der Waals surface area contributed by atoms with E-state index in [2.05, 4.69) is 35.6 Å². The number of nitrogens with one attached hydrogen (secondary N) is 1. The summed E-state index contributed by atoms with van der Waals surface area (Å²) in [6.45, 7) is 1.64. The molecule has 1 amide bonds. The number of piperazine rings is 1. The molecule has 120 valence electrons. The van der Waals surface area contributed by atoms with Gasteiger partial charge in [0, 0.05) is 20.1 Å². The van der Waals surface area contributed by atoms with Gasteiger partial charge in [-0.15, -0.1) is 0 Å². The molecule has 4 heteroatoms. The second-order valence-electron chi connectivity index (χ2n) is 5.90. The fraction of sp³-hybridized carbons (Fsp3) is 0.316. The SMILES string of the molecule is COc1cccc(-c2ccc(CC3NCCN(C)C3=O)cc2)c1. The number of carbonyl (C=O) groups is 1. The molecule has 0 spiro atoms. The highest BCUT2D eigenvalue weighted by molar-refractivity contribution is 5.82. The van der Waals surface area contributed by atoms with Crippen molar-refractivity contribution in [2.75, 3.05) is 27.2 Å². The molecule has 0 saturated carbocycles. The van der Waals surface area contributed by atoms with Crippen LogP contribution in [0.3, 0.4) is 0 Å². The summed E-state index contributed by atoms with van der Waals surface area (Å²) >= 11 is 0. The maximum absolute atomic E-state index is 12.1. The molecule has 2 aromatic carbocycles. The van der Waals surface area contributed by atoms with Crippen LogP contribution in [0.15, 0.2) is 48.5 Å². The predicted octanol–water partition coefficient (Wildman–Crippen LogP) is 2.33. The Morgan fingerprint density at radius 1 is 1.17 bits per heavy atom. The Morgan fingerprint density at radius 2 is 1.96 bits per heavy atom. The first kappa shape index (κ1) is 15.6. The predicted molar refractivity (Wildman–Crippen MR) is 91.6 cm³/mol. The van der Waals surface area contributed by atoms with E-state index in [1.54, 1.807) is 12.0 Å². The second-order valence-corrected chi connectivity index (χ2v) is 5.90. The molecule has 0 radical (unpaired) electrons. The minimum absolute atomic E-state index is 0.114. The third-order valence-corrected chi connectivity index (χ3v) is 4.31. The van der Waals surface area contributed by atoms with Crippen molar-refractivity contribution in [3.8, 4) is 16.9 Å². The third kappa shape index (κ3) is 3.54. The van der Waals surface area contributed by atoms with E-state index in [9.17, 15) is 4.79 Å².